The van der Waals surface area contributed by atoms with Gasteiger partial charge in [-0.05, 0) is 49.8 Å². The fraction of sp³-hybridized carbons (Fsp3) is 0.267. The van der Waals surface area contributed by atoms with E-state index in [9.17, 15) is 0 Å². The lowest BCUT2D eigenvalue weighted by Gasteiger charge is -2.11. The minimum atomic E-state index is 0.243. The van der Waals surface area contributed by atoms with Gasteiger partial charge in [0, 0.05) is 0 Å². The van der Waals surface area contributed by atoms with Crippen molar-refractivity contribution in [3.05, 3.63) is 46.2 Å². The van der Waals surface area contributed by atoms with Crippen LogP contribution in [0.3, 0.4) is 0 Å². The summed E-state index contributed by atoms with van der Waals surface area (Å²) in [4.78, 5) is 0. The first-order valence-corrected chi connectivity index (χ1v) is 7.92. The van der Waals surface area contributed by atoms with E-state index in [4.69, 9.17) is 21.7 Å². The van der Waals surface area contributed by atoms with Crippen molar-refractivity contribution in [2.75, 3.05) is 6.61 Å². The molecule has 0 aliphatic carbocycles. The number of aromatic nitrogens is 5. The van der Waals surface area contributed by atoms with E-state index in [0.717, 1.165) is 5.56 Å². The molecule has 0 aliphatic heterocycles. The molecule has 3 aromatic rings. The summed E-state index contributed by atoms with van der Waals surface area (Å²) in [6.45, 7) is 4.46. The molecule has 0 saturated carbocycles. The third kappa shape index (κ3) is 4.10. The van der Waals surface area contributed by atoms with Crippen LogP contribution in [0.5, 0.6) is 11.5 Å². The maximum Gasteiger partial charge on any atom is 0.216 e. The summed E-state index contributed by atoms with van der Waals surface area (Å²) in [5.74, 6) is 1.21. The van der Waals surface area contributed by atoms with Crippen LogP contribution < -0.4 is 9.47 Å². The molecule has 0 unspecified atom stereocenters. The second kappa shape index (κ2) is 7.71. The average molecular weight is 360 g/mol. The third-order valence-corrected chi connectivity index (χ3v) is 3.52. The number of ether oxygens (including phenoxy) is 2. The summed E-state index contributed by atoms with van der Waals surface area (Å²) in [6, 6.07) is 5.50. The number of H-pyrrole nitrogens is 1. The number of aryl methyl sites for hydroxylation is 1. The minimum Gasteiger partial charge on any atom is -0.490 e. The molecule has 130 valence electrons. The summed E-state index contributed by atoms with van der Waals surface area (Å²) in [6.07, 6.45) is 3.15. The highest BCUT2D eigenvalue weighted by molar-refractivity contribution is 7.71. The molecule has 2 heterocycles. The Morgan fingerprint density at radius 3 is 2.88 bits per heavy atom. The highest BCUT2D eigenvalue weighted by Gasteiger charge is 2.10. The van der Waals surface area contributed by atoms with E-state index in [1.807, 2.05) is 25.1 Å². The van der Waals surface area contributed by atoms with Gasteiger partial charge in [-0.25, -0.2) is 4.63 Å². The smallest absolute Gasteiger partial charge is 0.216 e. The van der Waals surface area contributed by atoms with Gasteiger partial charge in [0.05, 0.1) is 12.8 Å². The second-order valence-electron chi connectivity index (χ2n) is 4.97. The number of nitrogens with one attached hydrogen (secondary N) is 1. The molecular formula is C15H16N6O3S. The van der Waals surface area contributed by atoms with E-state index in [1.54, 1.807) is 13.1 Å². The van der Waals surface area contributed by atoms with E-state index < -0.39 is 0 Å². The monoisotopic (exact) mass is 360 g/mol. The Bertz CT molecular complexity index is 929. The zero-order chi connectivity index (χ0) is 17.6. The molecule has 1 N–H and O–H groups in total. The van der Waals surface area contributed by atoms with Crippen LogP contribution in [-0.4, -0.2) is 38.0 Å². The Hall–Kier alpha value is -3.01. The molecule has 2 aromatic heterocycles. The van der Waals surface area contributed by atoms with Gasteiger partial charge in [0.25, 0.3) is 0 Å². The van der Waals surface area contributed by atoms with Crippen LogP contribution in [-0.2, 0) is 6.61 Å². The Morgan fingerprint density at radius 1 is 1.32 bits per heavy atom. The standard InChI is InChI=1S/C15H16N6O3S/c1-3-22-14-6-11(7-17-21-9-16-18-15(21)25)4-5-13(14)23-8-12-10(2)19-24-20-12/h4-7,9H,3,8H2,1-2H3,(H,18,25)/b17-7+. The molecule has 1 aromatic carbocycles. The van der Waals surface area contributed by atoms with Crippen molar-refractivity contribution >= 4 is 18.4 Å². The molecule has 3 rings (SSSR count). The van der Waals surface area contributed by atoms with Crippen LogP contribution in [0.15, 0.2) is 34.3 Å². The lowest BCUT2D eigenvalue weighted by Crippen LogP contribution is -2.02. The molecule has 0 radical (unpaired) electrons. The van der Waals surface area contributed by atoms with Crippen molar-refractivity contribution in [3.8, 4) is 11.5 Å². The summed E-state index contributed by atoms with van der Waals surface area (Å²) < 4.78 is 18.0. The SMILES string of the molecule is CCOc1cc(/C=N/n2cn[nH]c2=S)ccc1OCc1nonc1C. The van der Waals surface area contributed by atoms with Crippen molar-refractivity contribution in [2.45, 2.75) is 20.5 Å². The van der Waals surface area contributed by atoms with E-state index in [2.05, 4.69) is 30.2 Å². The molecule has 0 atom stereocenters. The number of hydrogen-bond acceptors (Lipinski definition) is 8. The van der Waals surface area contributed by atoms with Gasteiger partial charge in [-0.2, -0.15) is 14.9 Å². The Kier molecular flexibility index (Phi) is 5.19. The quantitative estimate of drug-likeness (QED) is 0.510. The van der Waals surface area contributed by atoms with E-state index in [-0.39, 0.29) is 6.61 Å². The van der Waals surface area contributed by atoms with Crippen molar-refractivity contribution in [1.82, 2.24) is 25.2 Å². The predicted octanol–water partition coefficient (Wildman–Crippen LogP) is 2.49. The molecule has 10 heteroatoms. The van der Waals surface area contributed by atoms with Gasteiger partial charge in [0.15, 0.2) is 11.5 Å². The van der Waals surface area contributed by atoms with E-state index in [0.29, 0.717) is 34.3 Å². The van der Waals surface area contributed by atoms with Gasteiger partial charge in [-0.1, -0.05) is 10.3 Å². The van der Waals surface area contributed by atoms with E-state index in [1.165, 1.54) is 11.0 Å². The van der Waals surface area contributed by atoms with Gasteiger partial charge < -0.3 is 9.47 Å². The summed E-state index contributed by atoms with van der Waals surface area (Å²) in [5.41, 5.74) is 2.17. The van der Waals surface area contributed by atoms with Gasteiger partial charge in [-0.3, -0.25) is 5.10 Å². The molecule has 0 amide bonds. The van der Waals surface area contributed by atoms with Crippen LogP contribution in [0.4, 0.5) is 0 Å². The number of aromatic amines is 1. The minimum absolute atomic E-state index is 0.243. The van der Waals surface area contributed by atoms with Crippen LogP contribution in [0, 0.1) is 11.7 Å². The fourth-order valence-corrected chi connectivity index (χ4v) is 2.12. The Balaban J connectivity index is 1.77. The van der Waals surface area contributed by atoms with Crippen molar-refractivity contribution < 1.29 is 14.1 Å². The van der Waals surface area contributed by atoms with Gasteiger partial charge in [-0.15, -0.1) is 0 Å². The van der Waals surface area contributed by atoms with Crippen LogP contribution >= 0.6 is 12.2 Å². The van der Waals surface area contributed by atoms with Crippen LogP contribution in [0.25, 0.3) is 0 Å². The molecule has 0 bridgehead atoms. The number of nitrogens with zero attached hydrogens (tertiary/aromatic N) is 5. The first kappa shape index (κ1) is 16.8. The maximum absolute atomic E-state index is 5.77. The fourth-order valence-electron chi connectivity index (χ4n) is 1.97. The lowest BCUT2D eigenvalue weighted by atomic mass is 10.2. The Labute approximate surface area is 148 Å². The number of hydrogen-bond donors (Lipinski definition) is 1. The topological polar surface area (TPSA) is 103 Å². The maximum atomic E-state index is 5.77. The van der Waals surface area contributed by atoms with Crippen LogP contribution in [0.2, 0.25) is 0 Å². The first-order chi connectivity index (χ1) is 12.2. The molecule has 0 aliphatic rings. The number of benzene rings is 1. The normalized spacial score (nSPS) is 11.1. The molecular weight excluding hydrogens is 344 g/mol. The van der Waals surface area contributed by atoms with Gasteiger partial charge in [0.1, 0.15) is 24.3 Å². The first-order valence-electron chi connectivity index (χ1n) is 7.51. The van der Waals surface area contributed by atoms with Crippen molar-refractivity contribution in [3.63, 3.8) is 0 Å². The zero-order valence-electron chi connectivity index (χ0n) is 13.7. The van der Waals surface area contributed by atoms with Crippen molar-refractivity contribution in [2.24, 2.45) is 5.10 Å². The van der Waals surface area contributed by atoms with Crippen molar-refractivity contribution in [1.29, 1.82) is 0 Å². The molecule has 9 nitrogen and oxygen atoms in total. The Morgan fingerprint density at radius 2 is 2.20 bits per heavy atom. The highest BCUT2D eigenvalue weighted by atomic mass is 32.1. The van der Waals surface area contributed by atoms with Gasteiger partial charge >= 0.3 is 0 Å². The number of rotatable bonds is 7. The summed E-state index contributed by atoms with van der Waals surface area (Å²) >= 11 is 5.04. The molecule has 25 heavy (non-hydrogen) atoms. The summed E-state index contributed by atoms with van der Waals surface area (Å²) in [5, 5.41) is 18.2. The third-order valence-electron chi connectivity index (χ3n) is 3.25. The lowest BCUT2D eigenvalue weighted by molar-refractivity contribution is 0.253. The van der Waals surface area contributed by atoms with Gasteiger partial charge in [0.2, 0.25) is 4.77 Å². The predicted molar refractivity (Wildman–Crippen MR) is 91.4 cm³/mol. The molecule has 0 fully saturated rings. The summed E-state index contributed by atoms with van der Waals surface area (Å²) in [7, 11) is 0. The highest BCUT2D eigenvalue weighted by Crippen LogP contribution is 2.29. The van der Waals surface area contributed by atoms with E-state index >= 15 is 0 Å². The second-order valence-corrected chi connectivity index (χ2v) is 5.36. The van der Waals surface area contributed by atoms with Crippen LogP contribution in [0.1, 0.15) is 23.9 Å². The molecule has 0 spiro atoms. The largest absolute Gasteiger partial charge is 0.490 e. The zero-order valence-corrected chi connectivity index (χ0v) is 14.5. The molecule has 0 saturated heterocycles. The average Bonchev–Trinajstić information content (AvgIpc) is 3.20.